The first kappa shape index (κ1) is 18.9. The number of carbonyl (C=O) groups excluding carboxylic acids is 1. The van der Waals surface area contributed by atoms with Gasteiger partial charge in [-0.15, -0.1) is 12.4 Å². The van der Waals surface area contributed by atoms with Crippen LogP contribution in [0.5, 0.6) is 0 Å². The van der Waals surface area contributed by atoms with Gasteiger partial charge in [0.15, 0.2) is 0 Å². The van der Waals surface area contributed by atoms with Gasteiger partial charge in [-0.1, -0.05) is 31.4 Å². The number of benzene rings is 1. The van der Waals surface area contributed by atoms with Crippen LogP contribution in [0.15, 0.2) is 24.3 Å². The highest BCUT2D eigenvalue weighted by Crippen LogP contribution is 2.22. The summed E-state index contributed by atoms with van der Waals surface area (Å²) in [5.74, 6) is 0.0368. The minimum atomic E-state index is 0. The summed E-state index contributed by atoms with van der Waals surface area (Å²) in [5, 5.41) is 5.89. The van der Waals surface area contributed by atoms with Gasteiger partial charge < -0.3 is 15.4 Å². The molecular weight excluding hydrogens is 300 g/mol. The lowest BCUT2D eigenvalue weighted by molar-refractivity contribution is -0.116. The van der Waals surface area contributed by atoms with E-state index in [1.165, 1.54) is 32.1 Å². The minimum Gasteiger partial charge on any atom is -0.374 e. The average Bonchev–Trinajstić information content (AvgIpc) is 2.52. The van der Waals surface area contributed by atoms with Gasteiger partial charge in [0.2, 0.25) is 5.91 Å². The Morgan fingerprint density at radius 2 is 2.05 bits per heavy atom. The lowest BCUT2D eigenvalue weighted by atomic mass is 9.98. The number of anilines is 1. The first-order chi connectivity index (χ1) is 10.3. The van der Waals surface area contributed by atoms with E-state index in [0.717, 1.165) is 11.3 Å². The molecule has 0 unspecified atom stereocenters. The van der Waals surface area contributed by atoms with Gasteiger partial charge in [-0.3, -0.25) is 4.79 Å². The van der Waals surface area contributed by atoms with E-state index >= 15 is 0 Å². The molecule has 2 rings (SSSR count). The summed E-state index contributed by atoms with van der Waals surface area (Å²) in [7, 11) is 1.84. The standard InChI is InChI=1S/C17H26N2O2.ClH/c1-18-11-10-17(20)19-15-7-5-6-14(12-15)13-21-16-8-3-2-4-9-16;/h5-7,12,16,18H,2-4,8-11,13H2,1H3,(H,19,20);1H. The second kappa shape index (κ2) is 10.6. The topological polar surface area (TPSA) is 50.4 Å². The third-order valence-electron chi connectivity index (χ3n) is 3.85. The van der Waals surface area contributed by atoms with Gasteiger partial charge in [-0.05, 0) is 37.6 Å². The van der Waals surface area contributed by atoms with Crippen molar-refractivity contribution in [3.63, 3.8) is 0 Å². The zero-order valence-electron chi connectivity index (χ0n) is 13.3. The van der Waals surface area contributed by atoms with Crippen molar-refractivity contribution in [2.24, 2.45) is 0 Å². The van der Waals surface area contributed by atoms with Crippen LogP contribution in [-0.2, 0) is 16.1 Å². The fraction of sp³-hybridized carbons (Fsp3) is 0.588. The highest BCUT2D eigenvalue weighted by atomic mass is 35.5. The predicted octanol–water partition coefficient (Wildman–Crippen LogP) is 3.51. The van der Waals surface area contributed by atoms with Crippen molar-refractivity contribution in [3.05, 3.63) is 29.8 Å². The van der Waals surface area contributed by atoms with Crippen molar-refractivity contribution in [3.8, 4) is 0 Å². The Morgan fingerprint density at radius 3 is 2.77 bits per heavy atom. The summed E-state index contributed by atoms with van der Waals surface area (Å²) in [5.41, 5.74) is 1.97. The molecule has 0 aliphatic heterocycles. The zero-order chi connectivity index (χ0) is 14.9. The van der Waals surface area contributed by atoms with Crippen LogP contribution < -0.4 is 10.6 Å². The monoisotopic (exact) mass is 326 g/mol. The maximum Gasteiger partial charge on any atom is 0.225 e. The molecule has 4 nitrogen and oxygen atoms in total. The van der Waals surface area contributed by atoms with E-state index < -0.39 is 0 Å². The maximum atomic E-state index is 11.7. The van der Waals surface area contributed by atoms with Crippen molar-refractivity contribution in [2.45, 2.75) is 51.2 Å². The number of carbonyl (C=O) groups is 1. The molecular formula is C17H27ClN2O2. The second-order valence-electron chi connectivity index (χ2n) is 5.67. The number of rotatable bonds is 7. The number of hydrogen-bond acceptors (Lipinski definition) is 3. The molecule has 1 saturated carbocycles. The molecule has 22 heavy (non-hydrogen) atoms. The summed E-state index contributed by atoms with van der Waals surface area (Å²) < 4.78 is 5.97. The molecule has 124 valence electrons. The van der Waals surface area contributed by atoms with E-state index in [1.54, 1.807) is 0 Å². The van der Waals surface area contributed by atoms with E-state index in [1.807, 2.05) is 31.3 Å². The Morgan fingerprint density at radius 1 is 1.27 bits per heavy atom. The Kier molecular flexibility index (Phi) is 9.13. The van der Waals surface area contributed by atoms with Gasteiger partial charge in [0.1, 0.15) is 0 Å². The molecule has 1 aliphatic rings. The van der Waals surface area contributed by atoms with E-state index in [-0.39, 0.29) is 18.3 Å². The van der Waals surface area contributed by atoms with Gasteiger partial charge in [-0.25, -0.2) is 0 Å². The molecule has 5 heteroatoms. The number of nitrogens with one attached hydrogen (secondary N) is 2. The summed E-state index contributed by atoms with van der Waals surface area (Å²) in [6.45, 7) is 1.32. The minimum absolute atomic E-state index is 0. The molecule has 1 amide bonds. The van der Waals surface area contributed by atoms with Crippen LogP contribution in [0.2, 0.25) is 0 Å². The largest absolute Gasteiger partial charge is 0.374 e. The summed E-state index contributed by atoms with van der Waals surface area (Å²) in [6.07, 6.45) is 7.17. The highest BCUT2D eigenvalue weighted by molar-refractivity contribution is 5.90. The second-order valence-corrected chi connectivity index (χ2v) is 5.67. The fourth-order valence-corrected chi connectivity index (χ4v) is 2.65. The molecule has 2 N–H and O–H groups in total. The summed E-state index contributed by atoms with van der Waals surface area (Å²) in [4.78, 5) is 11.7. The summed E-state index contributed by atoms with van der Waals surface area (Å²) in [6, 6.07) is 7.93. The molecule has 0 atom stereocenters. The molecule has 1 aliphatic carbocycles. The van der Waals surface area contributed by atoms with Gasteiger partial charge >= 0.3 is 0 Å². The third-order valence-corrected chi connectivity index (χ3v) is 3.85. The van der Waals surface area contributed by atoms with Crippen LogP contribution in [0, 0.1) is 0 Å². The van der Waals surface area contributed by atoms with Crippen LogP contribution in [0.25, 0.3) is 0 Å². The Bertz CT molecular complexity index is 448. The van der Waals surface area contributed by atoms with Crippen LogP contribution in [0.3, 0.4) is 0 Å². The van der Waals surface area contributed by atoms with Crippen molar-refractivity contribution in [1.29, 1.82) is 0 Å². The van der Waals surface area contributed by atoms with Gasteiger partial charge in [0.25, 0.3) is 0 Å². The van der Waals surface area contributed by atoms with Crippen molar-refractivity contribution >= 4 is 24.0 Å². The van der Waals surface area contributed by atoms with Crippen molar-refractivity contribution in [2.75, 3.05) is 18.9 Å². The fourth-order valence-electron chi connectivity index (χ4n) is 2.65. The molecule has 1 aromatic rings. The smallest absolute Gasteiger partial charge is 0.225 e. The zero-order valence-corrected chi connectivity index (χ0v) is 14.1. The first-order valence-corrected chi connectivity index (χ1v) is 7.93. The molecule has 1 fully saturated rings. The predicted molar refractivity (Wildman–Crippen MR) is 92.5 cm³/mol. The third kappa shape index (κ3) is 6.77. The summed E-state index contributed by atoms with van der Waals surface area (Å²) >= 11 is 0. The van der Waals surface area contributed by atoms with Gasteiger partial charge in [0, 0.05) is 18.7 Å². The SMILES string of the molecule is CNCCC(=O)Nc1cccc(COC2CCCCC2)c1.Cl. The first-order valence-electron chi connectivity index (χ1n) is 7.93. The van der Waals surface area contributed by atoms with E-state index in [9.17, 15) is 4.79 Å². The normalized spacial score (nSPS) is 15.1. The highest BCUT2D eigenvalue weighted by Gasteiger charge is 2.13. The van der Waals surface area contributed by atoms with Crippen molar-refractivity contribution in [1.82, 2.24) is 5.32 Å². The molecule has 0 spiro atoms. The number of hydrogen-bond donors (Lipinski definition) is 2. The van der Waals surface area contributed by atoms with E-state index in [0.29, 0.717) is 25.7 Å². The van der Waals surface area contributed by atoms with Crippen LogP contribution >= 0.6 is 12.4 Å². The number of halogens is 1. The molecule has 0 saturated heterocycles. The van der Waals surface area contributed by atoms with Crippen molar-refractivity contribution < 1.29 is 9.53 Å². The Hall–Kier alpha value is -1.10. The maximum absolute atomic E-state index is 11.7. The molecule has 0 heterocycles. The molecule has 1 aromatic carbocycles. The van der Waals surface area contributed by atoms with E-state index in [4.69, 9.17) is 4.74 Å². The van der Waals surface area contributed by atoms with Crippen LogP contribution in [0.1, 0.15) is 44.1 Å². The Labute approximate surface area is 139 Å². The van der Waals surface area contributed by atoms with Crippen LogP contribution in [-0.4, -0.2) is 25.6 Å². The van der Waals surface area contributed by atoms with Gasteiger partial charge in [0.05, 0.1) is 12.7 Å². The van der Waals surface area contributed by atoms with E-state index in [2.05, 4.69) is 10.6 Å². The molecule has 0 radical (unpaired) electrons. The van der Waals surface area contributed by atoms with Gasteiger partial charge in [-0.2, -0.15) is 0 Å². The number of amides is 1. The molecule has 0 aromatic heterocycles. The Balaban J connectivity index is 0.00000242. The quantitative estimate of drug-likeness (QED) is 0.806. The van der Waals surface area contributed by atoms with Crippen LogP contribution in [0.4, 0.5) is 5.69 Å². The number of ether oxygens (including phenoxy) is 1. The average molecular weight is 327 g/mol. The lowest BCUT2D eigenvalue weighted by Gasteiger charge is -2.22. The lowest BCUT2D eigenvalue weighted by Crippen LogP contribution is -2.19. The molecule has 0 bridgehead atoms.